The van der Waals surface area contributed by atoms with E-state index < -0.39 is 11.7 Å². The summed E-state index contributed by atoms with van der Waals surface area (Å²) in [7, 11) is 3.33. The van der Waals surface area contributed by atoms with Crippen LogP contribution in [0.4, 0.5) is 4.79 Å². The van der Waals surface area contributed by atoms with Crippen LogP contribution in [0.2, 0.25) is 10.0 Å². The predicted molar refractivity (Wildman–Crippen MR) is 222 cm³/mol. The minimum Gasteiger partial charge on any atom is -0.481 e. The molecule has 2 aliphatic heterocycles. The largest absolute Gasteiger partial charge is 0.481 e. The second kappa shape index (κ2) is 15.3. The molecule has 1 spiro atoms. The fourth-order valence-corrected chi connectivity index (χ4v) is 9.29. The van der Waals surface area contributed by atoms with Gasteiger partial charge in [0, 0.05) is 91.1 Å². The van der Waals surface area contributed by atoms with E-state index in [4.69, 9.17) is 42.6 Å². The van der Waals surface area contributed by atoms with Crippen molar-refractivity contribution in [2.45, 2.75) is 77.3 Å². The van der Waals surface area contributed by atoms with Crippen molar-refractivity contribution in [1.82, 2.24) is 34.3 Å². The zero-order chi connectivity index (χ0) is 41.1. The number of rotatable bonds is 10. The van der Waals surface area contributed by atoms with E-state index >= 15 is 0 Å². The molecule has 15 heteroatoms. The van der Waals surface area contributed by atoms with Gasteiger partial charge in [-0.2, -0.15) is 4.52 Å². The third-order valence-electron chi connectivity index (χ3n) is 11.2. The number of aliphatic hydroxyl groups excluding tert-OH is 1. The Kier molecular flexibility index (Phi) is 10.5. The van der Waals surface area contributed by atoms with Crippen LogP contribution in [0.5, 0.6) is 5.88 Å². The average Bonchev–Trinajstić information content (AvgIpc) is 3.71. The maximum absolute atomic E-state index is 13.4. The Labute approximate surface area is 346 Å². The summed E-state index contributed by atoms with van der Waals surface area (Å²) in [6, 6.07) is 18.3. The number of carbonyl (C=O) groups is 2. The summed E-state index contributed by atoms with van der Waals surface area (Å²) < 4.78 is 14.8. The quantitative estimate of drug-likeness (QED) is 0.157. The third-order valence-corrected chi connectivity index (χ3v) is 12.1. The Morgan fingerprint density at radius 1 is 0.983 bits per heavy atom. The lowest BCUT2D eigenvalue weighted by Crippen LogP contribution is -2.63. The predicted octanol–water partition coefficient (Wildman–Crippen LogP) is 6.72. The van der Waals surface area contributed by atoms with Crippen LogP contribution in [0.25, 0.3) is 39.3 Å². The molecule has 5 aromatic rings. The van der Waals surface area contributed by atoms with Crippen LogP contribution in [-0.2, 0) is 29.7 Å². The Balaban J connectivity index is 1.06. The number of pyridine rings is 1. The second-order valence-corrected chi connectivity index (χ2v) is 17.6. The first-order chi connectivity index (χ1) is 27.6. The number of nitrogens with one attached hydrogen (secondary N) is 1. The van der Waals surface area contributed by atoms with Gasteiger partial charge >= 0.3 is 6.09 Å². The van der Waals surface area contributed by atoms with Gasteiger partial charge in [0.1, 0.15) is 5.60 Å². The Morgan fingerprint density at radius 3 is 2.29 bits per heavy atom. The molecule has 0 unspecified atom stereocenters. The molecule has 1 saturated carbocycles. The van der Waals surface area contributed by atoms with Crippen molar-refractivity contribution in [3.63, 3.8) is 0 Å². The number of hydrogen-bond acceptors (Lipinski definition) is 9. The molecule has 58 heavy (non-hydrogen) atoms. The molecule has 0 bridgehead atoms. The maximum Gasteiger partial charge on any atom is 0.410 e. The van der Waals surface area contributed by atoms with Gasteiger partial charge < -0.3 is 24.8 Å². The van der Waals surface area contributed by atoms with Gasteiger partial charge in [-0.25, -0.2) is 14.8 Å². The number of aliphatic hydroxyl groups is 1. The van der Waals surface area contributed by atoms with Gasteiger partial charge in [0.25, 0.3) is 5.56 Å². The first kappa shape index (κ1) is 39.9. The van der Waals surface area contributed by atoms with E-state index in [0.29, 0.717) is 85.9 Å². The van der Waals surface area contributed by atoms with Crippen molar-refractivity contribution in [1.29, 1.82) is 0 Å². The summed E-state index contributed by atoms with van der Waals surface area (Å²) in [5.41, 5.74) is 5.23. The van der Waals surface area contributed by atoms with E-state index in [2.05, 4.69) is 10.2 Å². The van der Waals surface area contributed by atoms with Crippen LogP contribution in [0, 0.1) is 5.41 Å². The standard InChI is InChI=1S/C43H47Cl2N7O6/c1-42(2,3)58-41(56)51(22-26-13-15-36(54)47-26)20-25-12-14-33(48-40(25)57-5)31-10-6-8-29(38(31)44)30-9-7-11-32(39(30)45)34-17-35-46-27(16-37(55)52(35)49(34)4)21-50-23-43(24-50)18-28(53)19-43/h6-12,14,16-17,26,28,53H,13,15,18-24H2,1-5H3,(H,47,54)/t26-/m0/s1. The lowest BCUT2D eigenvalue weighted by atomic mass is 9.62. The zero-order valence-corrected chi connectivity index (χ0v) is 34.7. The van der Waals surface area contributed by atoms with Gasteiger partial charge in [-0.3, -0.25) is 19.2 Å². The van der Waals surface area contributed by atoms with Crippen molar-refractivity contribution in [3.8, 4) is 39.5 Å². The lowest BCUT2D eigenvalue weighted by molar-refractivity contribution is -0.131. The molecule has 2 aromatic carbocycles. The number of benzene rings is 2. The van der Waals surface area contributed by atoms with E-state index in [0.717, 1.165) is 25.9 Å². The smallest absolute Gasteiger partial charge is 0.410 e. The second-order valence-electron chi connectivity index (χ2n) is 16.9. The highest BCUT2D eigenvalue weighted by Gasteiger charge is 2.51. The number of hydrogen-bond donors (Lipinski definition) is 2. The molecule has 3 aromatic heterocycles. The number of halogens is 2. The number of amides is 2. The molecule has 1 aliphatic carbocycles. The van der Waals surface area contributed by atoms with Crippen LogP contribution in [0.3, 0.4) is 0 Å². The number of fused-ring (bicyclic) bond motifs is 1. The van der Waals surface area contributed by atoms with E-state index in [-0.39, 0.29) is 42.1 Å². The number of ether oxygens (including phenoxy) is 2. The summed E-state index contributed by atoms with van der Waals surface area (Å²) in [5.74, 6) is 0.280. The first-order valence-electron chi connectivity index (χ1n) is 19.5. The van der Waals surface area contributed by atoms with Gasteiger partial charge in [-0.1, -0.05) is 59.6 Å². The molecule has 2 N–H and O–H groups in total. The van der Waals surface area contributed by atoms with E-state index in [1.807, 2.05) is 82.4 Å². The molecule has 3 aliphatic rings. The summed E-state index contributed by atoms with van der Waals surface area (Å²) >= 11 is 14.4. The third kappa shape index (κ3) is 7.80. The van der Waals surface area contributed by atoms with Crippen LogP contribution in [-0.4, -0.2) is 90.6 Å². The zero-order valence-electron chi connectivity index (χ0n) is 33.2. The van der Waals surface area contributed by atoms with Gasteiger partial charge in [0.15, 0.2) is 5.65 Å². The molecule has 304 valence electrons. The number of nitrogens with zero attached hydrogens (tertiary/aromatic N) is 6. The topological polar surface area (TPSA) is 144 Å². The highest BCUT2D eigenvalue weighted by atomic mass is 35.5. The molecular formula is C43H47Cl2N7O6. The number of likely N-dealkylation sites (tertiary alicyclic amines) is 1. The molecule has 5 heterocycles. The normalized spacial score (nSPS) is 17.9. The molecule has 2 saturated heterocycles. The van der Waals surface area contributed by atoms with Gasteiger partial charge in [0.2, 0.25) is 11.8 Å². The highest BCUT2D eigenvalue weighted by Crippen LogP contribution is 2.48. The number of aryl methyl sites for hydroxylation is 1. The summed E-state index contributed by atoms with van der Waals surface area (Å²) in [6.07, 6.45) is 2.04. The first-order valence-corrected chi connectivity index (χ1v) is 20.2. The van der Waals surface area contributed by atoms with Crippen molar-refractivity contribution in [2.24, 2.45) is 12.5 Å². The summed E-state index contributed by atoms with van der Waals surface area (Å²) in [5, 5.41) is 13.6. The Hall–Kier alpha value is -4.95. The van der Waals surface area contributed by atoms with Gasteiger partial charge in [-0.05, 0) is 52.2 Å². The monoisotopic (exact) mass is 827 g/mol. The van der Waals surface area contributed by atoms with Gasteiger partial charge in [-0.15, -0.1) is 0 Å². The number of aromatic nitrogens is 4. The van der Waals surface area contributed by atoms with Crippen LogP contribution in [0.15, 0.2) is 65.5 Å². The van der Waals surface area contributed by atoms with Crippen molar-refractivity contribution in [3.05, 3.63) is 92.3 Å². The Bertz CT molecular complexity index is 2480. The van der Waals surface area contributed by atoms with Crippen molar-refractivity contribution >= 4 is 40.8 Å². The minimum absolute atomic E-state index is 0.0376. The molecule has 2 amide bonds. The molecule has 1 atom stereocenters. The van der Waals surface area contributed by atoms with E-state index in [9.17, 15) is 19.5 Å². The maximum atomic E-state index is 13.4. The van der Waals surface area contributed by atoms with Crippen LogP contribution in [0.1, 0.15) is 57.7 Å². The average molecular weight is 829 g/mol. The van der Waals surface area contributed by atoms with E-state index in [1.54, 1.807) is 15.6 Å². The summed E-state index contributed by atoms with van der Waals surface area (Å²) in [4.78, 5) is 52.2. The fraction of sp³-hybridized carbons (Fsp3) is 0.419. The SMILES string of the molecule is COc1nc(-c2cccc(-c3cccc(-c4cc5nc(CN6CC7(CC(O)C7)C6)cc(=O)n5n4C)c3Cl)c2Cl)ccc1CN(C[C@@H]1CCC(=O)N1)C(=O)OC(C)(C)C. The molecular weight excluding hydrogens is 781 g/mol. The molecule has 13 nitrogen and oxygen atoms in total. The molecule has 0 radical (unpaired) electrons. The Morgan fingerprint density at radius 2 is 1.66 bits per heavy atom. The van der Waals surface area contributed by atoms with Crippen LogP contribution >= 0.6 is 23.2 Å². The number of carbonyl (C=O) groups excluding carboxylic acids is 2. The summed E-state index contributed by atoms with van der Waals surface area (Å²) in [6.45, 7) is 8.25. The lowest BCUT2D eigenvalue weighted by Gasteiger charge is -2.57. The van der Waals surface area contributed by atoms with Crippen molar-refractivity contribution in [2.75, 3.05) is 26.7 Å². The highest BCUT2D eigenvalue weighted by molar-refractivity contribution is 6.39. The van der Waals surface area contributed by atoms with Crippen LogP contribution < -0.4 is 15.6 Å². The minimum atomic E-state index is -0.708. The molecule has 3 fully saturated rings. The fourth-order valence-electron chi connectivity index (χ4n) is 8.64. The molecule has 8 rings (SSSR count). The number of methoxy groups -OCH3 is 1. The van der Waals surface area contributed by atoms with Crippen molar-refractivity contribution < 1.29 is 24.2 Å². The van der Waals surface area contributed by atoms with Gasteiger partial charge in [0.05, 0.1) is 46.9 Å². The van der Waals surface area contributed by atoms with E-state index in [1.165, 1.54) is 11.6 Å².